The number of rotatable bonds is 12. The van der Waals surface area contributed by atoms with Crippen LogP contribution < -0.4 is 5.73 Å². The van der Waals surface area contributed by atoms with Crippen LogP contribution in [-0.2, 0) is 18.9 Å². The third kappa shape index (κ3) is 8.80. The van der Waals surface area contributed by atoms with Crippen LogP contribution in [0.15, 0.2) is 24.3 Å². The van der Waals surface area contributed by atoms with Gasteiger partial charge in [-0.25, -0.2) is 0 Å². The van der Waals surface area contributed by atoms with Gasteiger partial charge in [-0.3, -0.25) is 0 Å². The van der Waals surface area contributed by atoms with Crippen molar-refractivity contribution in [3.63, 3.8) is 0 Å². The highest BCUT2D eigenvalue weighted by Crippen LogP contribution is 2.12. The van der Waals surface area contributed by atoms with Crippen molar-refractivity contribution in [3.8, 4) is 0 Å². The summed E-state index contributed by atoms with van der Waals surface area (Å²) in [5.41, 5.74) is 8.38. The van der Waals surface area contributed by atoms with Crippen molar-refractivity contribution >= 4 is 0 Å². The fraction of sp³-hybridized carbons (Fsp3) is 0.625. The van der Waals surface area contributed by atoms with E-state index in [9.17, 15) is 0 Å². The average molecular weight is 297 g/mol. The Bertz CT molecular complexity index is 373. The van der Waals surface area contributed by atoms with Crippen LogP contribution in [0.4, 0.5) is 0 Å². The predicted octanol–water partition coefficient (Wildman–Crippen LogP) is 1.69. The van der Waals surface area contributed by atoms with Gasteiger partial charge in [0.15, 0.2) is 0 Å². The summed E-state index contributed by atoms with van der Waals surface area (Å²) in [6.07, 6.45) is 0. The largest absolute Gasteiger partial charge is 0.382 e. The summed E-state index contributed by atoms with van der Waals surface area (Å²) in [4.78, 5) is 0. The predicted molar refractivity (Wildman–Crippen MR) is 82.4 cm³/mol. The molecule has 0 spiro atoms. The van der Waals surface area contributed by atoms with E-state index in [1.165, 1.54) is 5.56 Å². The molecule has 0 radical (unpaired) electrons. The molecule has 0 heterocycles. The van der Waals surface area contributed by atoms with Crippen molar-refractivity contribution in [1.29, 1.82) is 0 Å². The van der Waals surface area contributed by atoms with Crippen molar-refractivity contribution in [2.45, 2.75) is 13.0 Å². The van der Waals surface area contributed by atoms with Crippen LogP contribution in [0, 0.1) is 6.92 Å². The minimum atomic E-state index is -0.0951. The van der Waals surface area contributed by atoms with Crippen molar-refractivity contribution in [2.75, 3.05) is 53.4 Å². The highest BCUT2D eigenvalue weighted by atomic mass is 16.6. The molecular formula is C16H27NO4. The quantitative estimate of drug-likeness (QED) is 0.595. The zero-order valence-electron chi connectivity index (χ0n) is 13.0. The minimum absolute atomic E-state index is 0.0951. The van der Waals surface area contributed by atoms with E-state index in [4.69, 9.17) is 24.7 Å². The minimum Gasteiger partial charge on any atom is -0.382 e. The summed E-state index contributed by atoms with van der Waals surface area (Å²) in [5.74, 6) is 0. The van der Waals surface area contributed by atoms with E-state index in [2.05, 4.69) is 19.1 Å². The van der Waals surface area contributed by atoms with Crippen LogP contribution in [0.25, 0.3) is 0 Å². The van der Waals surface area contributed by atoms with Gasteiger partial charge < -0.3 is 24.7 Å². The van der Waals surface area contributed by atoms with E-state index >= 15 is 0 Å². The number of hydrogen-bond acceptors (Lipinski definition) is 5. The van der Waals surface area contributed by atoms with Gasteiger partial charge in [-0.15, -0.1) is 0 Å². The van der Waals surface area contributed by atoms with Gasteiger partial charge in [0, 0.05) is 7.11 Å². The molecule has 2 N–H and O–H groups in total. The summed E-state index contributed by atoms with van der Waals surface area (Å²) in [6.45, 7) is 5.99. The van der Waals surface area contributed by atoms with Gasteiger partial charge in [0.05, 0.1) is 52.3 Å². The van der Waals surface area contributed by atoms with Gasteiger partial charge >= 0.3 is 0 Å². The van der Waals surface area contributed by atoms with Crippen LogP contribution in [0.1, 0.15) is 17.2 Å². The third-order valence-corrected chi connectivity index (χ3v) is 2.94. The topological polar surface area (TPSA) is 62.9 Å². The van der Waals surface area contributed by atoms with E-state index in [-0.39, 0.29) is 6.04 Å². The van der Waals surface area contributed by atoms with Gasteiger partial charge in [0.1, 0.15) is 0 Å². The fourth-order valence-electron chi connectivity index (χ4n) is 1.79. The molecule has 0 saturated heterocycles. The van der Waals surface area contributed by atoms with Crippen molar-refractivity contribution in [1.82, 2.24) is 0 Å². The van der Waals surface area contributed by atoms with Crippen LogP contribution in [-0.4, -0.2) is 53.4 Å². The van der Waals surface area contributed by atoms with Crippen molar-refractivity contribution in [3.05, 3.63) is 35.4 Å². The summed E-state index contributed by atoms with van der Waals surface area (Å²) in [6, 6.07) is 8.08. The first-order valence-electron chi connectivity index (χ1n) is 7.28. The molecule has 1 aromatic carbocycles. The average Bonchev–Trinajstić information content (AvgIpc) is 2.49. The molecule has 1 aromatic rings. The molecule has 21 heavy (non-hydrogen) atoms. The molecule has 0 aromatic heterocycles. The zero-order chi connectivity index (χ0) is 15.3. The molecule has 0 aliphatic carbocycles. The lowest BCUT2D eigenvalue weighted by atomic mass is 10.1. The first-order valence-corrected chi connectivity index (χ1v) is 7.28. The van der Waals surface area contributed by atoms with Gasteiger partial charge in [-0.2, -0.15) is 0 Å². The van der Waals surface area contributed by atoms with Crippen LogP contribution in [0.2, 0.25) is 0 Å². The Morgan fingerprint density at radius 2 is 1.57 bits per heavy atom. The molecule has 0 aliphatic rings. The number of aryl methyl sites for hydroxylation is 1. The molecule has 1 rings (SSSR count). The summed E-state index contributed by atoms with van der Waals surface area (Å²) >= 11 is 0. The standard InChI is InChI=1S/C16H27NO4/c1-14-4-3-5-15(12-14)16(17)13-21-11-10-20-9-8-19-7-6-18-2/h3-5,12,16H,6-11,13,17H2,1-2H3. The zero-order valence-corrected chi connectivity index (χ0v) is 13.0. The van der Waals surface area contributed by atoms with Gasteiger partial charge in [-0.05, 0) is 12.5 Å². The Hall–Kier alpha value is -0.980. The van der Waals surface area contributed by atoms with E-state index in [1.807, 2.05) is 12.1 Å². The molecule has 120 valence electrons. The molecule has 1 atom stereocenters. The van der Waals surface area contributed by atoms with Crippen LogP contribution >= 0.6 is 0 Å². The normalized spacial score (nSPS) is 12.5. The van der Waals surface area contributed by atoms with E-state index in [1.54, 1.807) is 7.11 Å². The number of hydrogen-bond donors (Lipinski definition) is 1. The molecule has 0 fully saturated rings. The second-order valence-electron chi connectivity index (χ2n) is 4.81. The first kappa shape index (κ1) is 18.1. The van der Waals surface area contributed by atoms with Crippen LogP contribution in [0.5, 0.6) is 0 Å². The van der Waals surface area contributed by atoms with Crippen molar-refractivity contribution in [2.24, 2.45) is 5.73 Å². The summed E-state index contributed by atoms with van der Waals surface area (Å²) < 4.78 is 21.1. The maximum atomic E-state index is 6.08. The SMILES string of the molecule is COCCOCCOCCOCC(N)c1cccc(C)c1. The lowest BCUT2D eigenvalue weighted by Gasteiger charge is -2.13. The summed E-state index contributed by atoms with van der Waals surface area (Å²) in [5, 5.41) is 0. The van der Waals surface area contributed by atoms with Crippen molar-refractivity contribution < 1.29 is 18.9 Å². The molecule has 0 amide bonds. The monoisotopic (exact) mass is 297 g/mol. The molecule has 1 unspecified atom stereocenters. The molecule has 5 nitrogen and oxygen atoms in total. The molecule has 5 heteroatoms. The highest BCUT2D eigenvalue weighted by molar-refractivity contribution is 5.24. The number of methoxy groups -OCH3 is 1. The Morgan fingerprint density at radius 1 is 0.952 bits per heavy atom. The molecule has 0 aliphatic heterocycles. The van der Waals surface area contributed by atoms with Gasteiger partial charge in [0.2, 0.25) is 0 Å². The lowest BCUT2D eigenvalue weighted by molar-refractivity contribution is 0.00194. The Kier molecular flexibility index (Phi) is 10.0. The van der Waals surface area contributed by atoms with E-state index in [0.717, 1.165) is 5.56 Å². The Balaban J connectivity index is 1.96. The maximum Gasteiger partial charge on any atom is 0.0701 e. The lowest BCUT2D eigenvalue weighted by Crippen LogP contribution is -2.19. The maximum absolute atomic E-state index is 6.08. The van der Waals surface area contributed by atoms with E-state index < -0.39 is 0 Å². The molecular weight excluding hydrogens is 270 g/mol. The van der Waals surface area contributed by atoms with Crippen LogP contribution in [0.3, 0.4) is 0 Å². The summed E-state index contributed by atoms with van der Waals surface area (Å²) in [7, 11) is 1.65. The highest BCUT2D eigenvalue weighted by Gasteiger charge is 2.05. The Labute approximate surface area is 127 Å². The number of benzene rings is 1. The van der Waals surface area contributed by atoms with E-state index in [0.29, 0.717) is 46.2 Å². The Morgan fingerprint density at radius 3 is 2.19 bits per heavy atom. The smallest absolute Gasteiger partial charge is 0.0701 e. The molecule has 0 bridgehead atoms. The number of nitrogens with two attached hydrogens (primary N) is 1. The van der Waals surface area contributed by atoms with Gasteiger partial charge in [-0.1, -0.05) is 29.8 Å². The third-order valence-electron chi connectivity index (χ3n) is 2.94. The molecule has 0 saturated carbocycles. The second kappa shape index (κ2) is 11.7. The number of ether oxygens (including phenoxy) is 4. The van der Waals surface area contributed by atoms with Gasteiger partial charge in [0.25, 0.3) is 0 Å². The first-order chi connectivity index (χ1) is 10.2. The second-order valence-corrected chi connectivity index (χ2v) is 4.81. The fourth-order valence-corrected chi connectivity index (χ4v) is 1.79.